The Kier molecular flexibility index (Phi) is 2.58. The van der Waals surface area contributed by atoms with E-state index in [4.69, 9.17) is 5.73 Å². The molecule has 2 aromatic rings. The molecule has 0 aliphatic carbocycles. The second kappa shape index (κ2) is 4.04. The van der Waals surface area contributed by atoms with E-state index in [0.717, 1.165) is 29.0 Å². The zero-order valence-electron chi connectivity index (χ0n) is 8.62. The van der Waals surface area contributed by atoms with Crippen LogP contribution in [0.1, 0.15) is 11.1 Å². The number of hydrogen-bond acceptors (Lipinski definition) is 3. The van der Waals surface area contributed by atoms with E-state index in [1.807, 2.05) is 31.3 Å². The molecular formula is C11H14N4. The highest BCUT2D eigenvalue weighted by Gasteiger charge is 2.00. The van der Waals surface area contributed by atoms with Crippen LogP contribution in [-0.4, -0.2) is 10.2 Å². The lowest BCUT2D eigenvalue weighted by Crippen LogP contribution is -2.02. The summed E-state index contributed by atoms with van der Waals surface area (Å²) in [6.07, 6.45) is 3.65. The minimum atomic E-state index is 0.726. The first-order chi connectivity index (χ1) is 7.27. The molecule has 4 N–H and O–H groups in total. The first-order valence-corrected chi connectivity index (χ1v) is 4.84. The number of para-hydroxylation sites is 1. The molecule has 1 aromatic heterocycles. The van der Waals surface area contributed by atoms with Gasteiger partial charge in [0.25, 0.3) is 0 Å². The summed E-state index contributed by atoms with van der Waals surface area (Å²) in [6.45, 7) is 2.72. The van der Waals surface area contributed by atoms with Crippen molar-refractivity contribution in [1.29, 1.82) is 0 Å². The molecule has 0 atom stereocenters. The molecule has 0 saturated carbocycles. The summed E-state index contributed by atoms with van der Waals surface area (Å²) in [5, 5.41) is 9.92. The average molecular weight is 202 g/mol. The number of anilines is 2. The number of nitrogens with one attached hydrogen (secondary N) is 2. The molecule has 0 bridgehead atoms. The van der Waals surface area contributed by atoms with Crippen molar-refractivity contribution in [2.24, 2.45) is 0 Å². The van der Waals surface area contributed by atoms with E-state index in [2.05, 4.69) is 15.5 Å². The van der Waals surface area contributed by atoms with E-state index in [9.17, 15) is 0 Å². The number of aryl methyl sites for hydroxylation is 1. The van der Waals surface area contributed by atoms with Crippen LogP contribution in [0.2, 0.25) is 0 Å². The Morgan fingerprint density at radius 1 is 1.47 bits per heavy atom. The number of rotatable bonds is 3. The van der Waals surface area contributed by atoms with Crippen molar-refractivity contribution < 1.29 is 0 Å². The third kappa shape index (κ3) is 2.10. The van der Waals surface area contributed by atoms with Gasteiger partial charge in [-0.1, -0.05) is 12.1 Å². The van der Waals surface area contributed by atoms with Gasteiger partial charge in [-0.2, -0.15) is 5.10 Å². The number of nitrogens with two attached hydrogens (primary N) is 1. The van der Waals surface area contributed by atoms with Crippen molar-refractivity contribution in [1.82, 2.24) is 10.2 Å². The Balaban J connectivity index is 2.08. The summed E-state index contributed by atoms with van der Waals surface area (Å²) in [5.74, 6) is 0. The number of hydrogen-bond donors (Lipinski definition) is 3. The predicted molar refractivity (Wildman–Crippen MR) is 61.5 cm³/mol. The fourth-order valence-electron chi connectivity index (χ4n) is 1.41. The SMILES string of the molecule is Cc1cccc(NCc2cn[nH]c2)c1N. The molecule has 0 fully saturated rings. The molecule has 1 heterocycles. The van der Waals surface area contributed by atoms with Gasteiger partial charge in [-0.25, -0.2) is 0 Å². The van der Waals surface area contributed by atoms with Crippen molar-refractivity contribution in [3.05, 3.63) is 41.7 Å². The van der Waals surface area contributed by atoms with Crippen LogP contribution in [0.4, 0.5) is 11.4 Å². The Morgan fingerprint density at radius 2 is 2.33 bits per heavy atom. The maximum atomic E-state index is 5.94. The number of H-pyrrole nitrogens is 1. The summed E-state index contributed by atoms with van der Waals surface area (Å²) < 4.78 is 0. The van der Waals surface area contributed by atoms with Gasteiger partial charge in [0.2, 0.25) is 0 Å². The first-order valence-electron chi connectivity index (χ1n) is 4.84. The third-order valence-electron chi connectivity index (χ3n) is 2.36. The Bertz CT molecular complexity index is 434. The molecule has 78 valence electrons. The molecule has 0 saturated heterocycles. The number of nitrogen functional groups attached to an aromatic ring is 1. The van der Waals surface area contributed by atoms with E-state index >= 15 is 0 Å². The number of benzene rings is 1. The maximum Gasteiger partial charge on any atom is 0.0579 e. The van der Waals surface area contributed by atoms with Gasteiger partial charge in [-0.15, -0.1) is 0 Å². The topological polar surface area (TPSA) is 66.7 Å². The fraction of sp³-hybridized carbons (Fsp3) is 0.182. The summed E-state index contributed by atoms with van der Waals surface area (Å²) in [4.78, 5) is 0. The van der Waals surface area contributed by atoms with E-state index < -0.39 is 0 Å². The molecule has 0 aliphatic rings. The number of aromatic nitrogens is 2. The van der Waals surface area contributed by atoms with Crippen molar-refractivity contribution in [2.45, 2.75) is 13.5 Å². The van der Waals surface area contributed by atoms with E-state index in [-0.39, 0.29) is 0 Å². The molecular weight excluding hydrogens is 188 g/mol. The minimum Gasteiger partial charge on any atom is -0.397 e. The standard InChI is InChI=1S/C11H14N4/c1-8-3-2-4-10(11(8)12)13-5-9-6-14-15-7-9/h2-4,6-7,13H,5,12H2,1H3,(H,14,15). The van der Waals surface area contributed by atoms with Gasteiger partial charge in [0.05, 0.1) is 17.6 Å². The molecule has 15 heavy (non-hydrogen) atoms. The lowest BCUT2D eigenvalue weighted by Gasteiger charge is -2.09. The van der Waals surface area contributed by atoms with E-state index in [1.54, 1.807) is 6.20 Å². The lowest BCUT2D eigenvalue weighted by atomic mass is 10.1. The van der Waals surface area contributed by atoms with Crippen LogP contribution < -0.4 is 11.1 Å². The highest BCUT2D eigenvalue weighted by molar-refractivity contribution is 5.69. The van der Waals surface area contributed by atoms with E-state index in [0.29, 0.717) is 0 Å². The zero-order chi connectivity index (χ0) is 10.7. The lowest BCUT2D eigenvalue weighted by molar-refractivity contribution is 1.09. The molecule has 0 amide bonds. The maximum absolute atomic E-state index is 5.94. The van der Waals surface area contributed by atoms with Crippen molar-refractivity contribution in [3.8, 4) is 0 Å². The van der Waals surface area contributed by atoms with Crippen LogP contribution in [0, 0.1) is 6.92 Å². The highest BCUT2D eigenvalue weighted by Crippen LogP contribution is 2.22. The van der Waals surface area contributed by atoms with Crippen LogP contribution in [-0.2, 0) is 6.54 Å². The van der Waals surface area contributed by atoms with Gasteiger partial charge in [0.15, 0.2) is 0 Å². The van der Waals surface area contributed by atoms with Gasteiger partial charge >= 0.3 is 0 Å². The molecule has 2 rings (SSSR count). The fourth-order valence-corrected chi connectivity index (χ4v) is 1.41. The molecule has 0 aliphatic heterocycles. The third-order valence-corrected chi connectivity index (χ3v) is 2.36. The van der Waals surface area contributed by atoms with Crippen LogP contribution in [0.25, 0.3) is 0 Å². The van der Waals surface area contributed by atoms with Crippen LogP contribution in [0.15, 0.2) is 30.6 Å². The molecule has 1 aromatic carbocycles. The Labute approximate surface area is 88.5 Å². The largest absolute Gasteiger partial charge is 0.397 e. The minimum absolute atomic E-state index is 0.726. The summed E-state index contributed by atoms with van der Waals surface area (Å²) in [6, 6.07) is 5.96. The smallest absolute Gasteiger partial charge is 0.0579 e. The Morgan fingerprint density at radius 3 is 3.07 bits per heavy atom. The van der Waals surface area contributed by atoms with Crippen molar-refractivity contribution >= 4 is 11.4 Å². The van der Waals surface area contributed by atoms with Gasteiger partial charge < -0.3 is 11.1 Å². The zero-order valence-corrected chi connectivity index (χ0v) is 8.62. The van der Waals surface area contributed by atoms with E-state index in [1.165, 1.54) is 0 Å². The van der Waals surface area contributed by atoms with Crippen LogP contribution in [0.5, 0.6) is 0 Å². The summed E-state index contributed by atoms with van der Waals surface area (Å²) in [7, 11) is 0. The van der Waals surface area contributed by atoms with Crippen LogP contribution in [0.3, 0.4) is 0 Å². The predicted octanol–water partition coefficient (Wildman–Crippen LogP) is 1.91. The van der Waals surface area contributed by atoms with Gasteiger partial charge in [0, 0.05) is 18.3 Å². The molecule has 0 radical (unpaired) electrons. The number of aromatic amines is 1. The molecule has 0 unspecified atom stereocenters. The molecule has 0 spiro atoms. The van der Waals surface area contributed by atoms with Gasteiger partial charge in [0.1, 0.15) is 0 Å². The quantitative estimate of drug-likeness (QED) is 0.666. The summed E-state index contributed by atoms with van der Waals surface area (Å²) >= 11 is 0. The normalized spacial score (nSPS) is 10.2. The molecule has 4 heteroatoms. The van der Waals surface area contributed by atoms with Crippen molar-refractivity contribution in [3.63, 3.8) is 0 Å². The molecule has 4 nitrogen and oxygen atoms in total. The summed E-state index contributed by atoms with van der Waals surface area (Å²) in [5.41, 5.74) is 9.91. The second-order valence-corrected chi connectivity index (χ2v) is 3.50. The Hall–Kier alpha value is -1.97. The average Bonchev–Trinajstić information content (AvgIpc) is 2.73. The van der Waals surface area contributed by atoms with Gasteiger partial charge in [-0.3, -0.25) is 5.10 Å². The monoisotopic (exact) mass is 202 g/mol. The van der Waals surface area contributed by atoms with Crippen LogP contribution >= 0.6 is 0 Å². The van der Waals surface area contributed by atoms with Crippen molar-refractivity contribution in [2.75, 3.05) is 11.1 Å². The number of nitrogens with zero attached hydrogens (tertiary/aromatic N) is 1. The first kappa shape index (κ1) is 9.58. The second-order valence-electron chi connectivity index (χ2n) is 3.50. The highest BCUT2D eigenvalue weighted by atomic mass is 15.1. The van der Waals surface area contributed by atoms with Gasteiger partial charge in [-0.05, 0) is 18.6 Å².